The van der Waals surface area contributed by atoms with Crippen molar-refractivity contribution in [3.05, 3.63) is 70.9 Å². The molecule has 0 aliphatic rings. The number of nitrogens with zero attached hydrogens (tertiary/aromatic N) is 3. The van der Waals surface area contributed by atoms with E-state index in [0.717, 1.165) is 33.8 Å². The summed E-state index contributed by atoms with van der Waals surface area (Å²) in [7, 11) is 0. The van der Waals surface area contributed by atoms with Crippen molar-refractivity contribution < 1.29 is 9.59 Å². The van der Waals surface area contributed by atoms with E-state index in [2.05, 4.69) is 31.4 Å². The third-order valence-corrected chi connectivity index (χ3v) is 5.94. The Balaban J connectivity index is 1.80. The summed E-state index contributed by atoms with van der Waals surface area (Å²) in [5.41, 5.74) is 5.47. The van der Waals surface area contributed by atoms with Crippen molar-refractivity contribution >= 4 is 23.4 Å². The van der Waals surface area contributed by atoms with E-state index in [1.165, 1.54) is 4.90 Å². The number of anilines is 2. The number of amides is 3. The lowest BCUT2D eigenvalue weighted by atomic mass is 9.92. The van der Waals surface area contributed by atoms with E-state index in [9.17, 15) is 9.59 Å². The van der Waals surface area contributed by atoms with Gasteiger partial charge in [-0.2, -0.15) is 5.10 Å². The maximum absolute atomic E-state index is 13.0. The van der Waals surface area contributed by atoms with E-state index < -0.39 is 0 Å². The first-order chi connectivity index (χ1) is 16.0. The SMILES string of the molecule is CCN(CC(=O)Nc1cc(C(C)(C)C)nn1-c1ccccc1C)C(=O)Nc1cccc(C)c1C. The molecule has 0 atom stereocenters. The Morgan fingerprint density at radius 3 is 2.29 bits per heavy atom. The summed E-state index contributed by atoms with van der Waals surface area (Å²) in [6.07, 6.45) is 0. The van der Waals surface area contributed by atoms with Crippen molar-refractivity contribution in [3.8, 4) is 5.69 Å². The lowest BCUT2D eigenvalue weighted by Crippen LogP contribution is -2.40. The minimum Gasteiger partial charge on any atom is -0.315 e. The average molecular weight is 462 g/mol. The van der Waals surface area contributed by atoms with Crippen molar-refractivity contribution in [2.24, 2.45) is 0 Å². The van der Waals surface area contributed by atoms with Crippen LogP contribution in [0.3, 0.4) is 0 Å². The van der Waals surface area contributed by atoms with Crippen LogP contribution in [-0.2, 0) is 10.2 Å². The molecule has 2 N–H and O–H groups in total. The molecule has 1 aromatic heterocycles. The van der Waals surface area contributed by atoms with Gasteiger partial charge in [0, 0.05) is 23.7 Å². The highest BCUT2D eigenvalue weighted by Gasteiger charge is 2.23. The van der Waals surface area contributed by atoms with Gasteiger partial charge >= 0.3 is 6.03 Å². The minimum absolute atomic E-state index is 0.0724. The smallest absolute Gasteiger partial charge is 0.315 e. The van der Waals surface area contributed by atoms with E-state index in [1.54, 1.807) is 4.68 Å². The van der Waals surface area contributed by atoms with Crippen molar-refractivity contribution in [2.45, 2.75) is 53.9 Å². The maximum atomic E-state index is 13.0. The highest BCUT2D eigenvalue weighted by Crippen LogP contribution is 2.27. The zero-order chi connectivity index (χ0) is 25.0. The van der Waals surface area contributed by atoms with E-state index >= 15 is 0 Å². The molecule has 0 aliphatic carbocycles. The van der Waals surface area contributed by atoms with Crippen LogP contribution in [0.25, 0.3) is 5.69 Å². The number of carbonyl (C=O) groups excluding carboxylic acids is 2. The quantitative estimate of drug-likeness (QED) is 0.502. The monoisotopic (exact) mass is 461 g/mol. The Morgan fingerprint density at radius 2 is 1.65 bits per heavy atom. The summed E-state index contributed by atoms with van der Waals surface area (Å²) in [5, 5.41) is 10.7. The fourth-order valence-electron chi connectivity index (χ4n) is 3.59. The average Bonchev–Trinajstić information content (AvgIpc) is 3.19. The van der Waals surface area contributed by atoms with E-state index in [1.807, 2.05) is 76.2 Å². The van der Waals surface area contributed by atoms with Crippen molar-refractivity contribution in [2.75, 3.05) is 23.7 Å². The molecule has 0 unspecified atom stereocenters. The second-order valence-electron chi connectivity index (χ2n) is 9.60. The number of rotatable bonds is 6. The van der Waals surface area contributed by atoms with Gasteiger partial charge in [-0.05, 0) is 56.5 Å². The van der Waals surface area contributed by atoms with Crippen LogP contribution in [0.1, 0.15) is 50.1 Å². The highest BCUT2D eigenvalue weighted by atomic mass is 16.2. The third kappa shape index (κ3) is 5.65. The van der Waals surface area contributed by atoms with Gasteiger partial charge in [-0.3, -0.25) is 4.79 Å². The summed E-state index contributed by atoms with van der Waals surface area (Å²) in [6, 6.07) is 15.3. The molecule has 34 heavy (non-hydrogen) atoms. The predicted octanol–water partition coefficient (Wildman–Crippen LogP) is 5.59. The first-order valence-corrected chi connectivity index (χ1v) is 11.6. The molecule has 7 nitrogen and oxygen atoms in total. The molecule has 2 aromatic carbocycles. The van der Waals surface area contributed by atoms with Crippen LogP contribution in [0.4, 0.5) is 16.3 Å². The Labute approximate surface area is 202 Å². The van der Waals surface area contributed by atoms with Gasteiger partial charge in [-0.25, -0.2) is 9.48 Å². The fraction of sp³-hybridized carbons (Fsp3) is 0.370. The van der Waals surface area contributed by atoms with Gasteiger partial charge in [-0.15, -0.1) is 0 Å². The molecule has 0 fully saturated rings. The number of carbonyl (C=O) groups is 2. The maximum Gasteiger partial charge on any atom is 0.322 e. The van der Waals surface area contributed by atoms with Gasteiger partial charge in [0.2, 0.25) is 5.91 Å². The Morgan fingerprint density at radius 1 is 0.971 bits per heavy atom. The molecule has 3 aromatic rings. The zero-order valence-corrected chi connectivity index (χ0v) is 21.2. The van der Waals surface area contributed by atoms with Crippen LogP contribution in [0, 0.1) is 20.8 Å². The molecule has 180 valence electrons. The van der Waals surface area contributed by atoms with Crippen LogP contribution in [0.5, 0.6) is 0 Å². The number of hydrogen-bond acceptors (Lipinski definition) is 3. The molecule has 0 spiro atoms. The summed E-state index contributed by atoms with van der Waals surface area (Å²) < 4.78 is 1.76. The van der Waals surface area contributed by atoms with Crippen LogP contribution in [0.2, 0.25) is 0 Å². The zero-order valence-electron chi connectivity index (χ0n) is 21.2. The van der Waals surface area contributed by atoms with Gasteiger partial charge in [-0.1, -0.05) is 51.1 Å². The van der Waals surface area contributed by atoms with Crippen LogP contribution in [0.15, 0.2) is 48.5 Å². The molecule has 0 radical (unpaired) electrons. The molecule has 7 heteroatoms. The number of likely N-dealkylation sites (N-methyl/N-ethyl adjacent to an activating group) is 1. The minimum atomic E-state index is -0.311. The molecule has 3 rings (SSSR count). The normalized spacial score (nSPS) is 11.3. The van der Waals surface area contributed by atoms with Crippen molar-refractivity contribution in [1.29, 1.82) is 0 Å². The van der Waals surface area contributed by atoms with E-state index in [-0.39, 0.29) is 23.9 Å². The predicted molar refractivity (Wildman–Crippen MR) is 138 cm³/mol. The fourth-order valence-corrected chi connectivity index (χ4v) is 3.59. The number of urea groups is 1. The standard InChI is InChI=1S/C27H35N5O2/c1-8-31(26(34)28-21-14-11-13-18(2)20(21)4)17-25(33)29-24-16-23(27(5,6)7)30-32(24)22-15-10-9-12-19(22)3/h9-16H,8,17H2,1-7H3,(H,28,34)(H,29,33). The highest BCUT2D eigenvalue weighted by molar-refractivity contribution is 5.97. The summed E-state index contributed by atoms with van der Waals surface area (Å²) in [5.74, 6) is 0.295. The Kier molecular flexibility index (Phi) is 7.44. The van der Waals surface area contributed by atoms with Crippen LogP contribution >= 0.6 is 0 Å². The molecule has 0 aliphatic heterocycles. The summed E-state index contributed by atoms with van der Waals surface area (Å²) >= 11 is 0. The van der Waals surface area contributed by atoms with Crippen LogP contribution < -0.4 is 10.6 Å². The van der Waals surface area contributed by atoms with Crippen molar-refractivity contribution in [3.63, 3.8) is 0 Å². The number of benzene rings is 2. The Hall–Kier alpha value is -3.61. The molecule has 0 saturated carbocycles. The number of aromatic nitrogens is 2. The largest absolute Gasteiger partial charge is 0.322 e. The second kappa shape index (κ2) is 10.1. The third-order valence-electron chi connectivity index (χ3n) is 5.94. The Bertz CT molecular complexity index is 1190. The molecular weight excluding hydrogens is 426 g/mol. The van der Waals surface area contributed by atoms with Gasteiger partial charge in [0.15, 0.2) is 0 Å². The lowest BCUT2D eigenvalue weighted by Gasteiger charge is -2.22. The molecule has 0 bridgehead atoms. The summed E-state index contributed by atoms with van der Waals surface area (Å²) in [6.45, 7) is 14.4. The molecule has 1 heterocycles. The van der Waals surface area contributed by atoms with Gasteiger partial charge in [0.1, 0.15) is 12.4 Å². The van der Waals surface area contributed by atoms with E-state index in [0.29, 0.717) is 12.4 Å². The number of para-hydroxylation sites is 1. The van der Waals surface area contributed by atoms with Crippen molar-refractivity contribution in [1.82, 2.24) is 14.7 Å². The molecule has 3 amide bonds. The first kappa shape index (κ1) is 25.0. The summed E-state index contributed by atoms with van der Waals surface area (Å²) in [4.78, 5) is 27.4. The van der Waals surface area contributed by atoms with Crippen LogP contribution in [-0.4, -0.2) is 39.7 Å². The lowest BCUT2D eigenvalue weighted by molar-refractivity contribution is -0.116. The number of nitrogens with one attached hydrogen (secondary N) is 2. The number of aryl methyl sites for hydroxylation is 2. The van der Waals surface area contributed by atoms with Gasteiger partial charge in [0.05, 0.1) is 11.4 Å². The topological polar surface area (TPSA) is 79.3 Å². The van der Waals surface area contributed by atoms with Gasteiger partial charge in [0.25, 0.3) is 0 Å². The first-order valence-electron chi connectivity index (χ1n) is 11.6. The van der Waals surface area contributed by atoms with E-state index in [4.69, 9.17) is 5.10 Å². The molecular formula is C27H35N5O2. The van der Waals surface area contributed by atoms with Gasteiger partial charge < -0.3 is 15.5 Å². The second-order valence-corrected chi connectivity index (χ2v) is 9.60. The number of hydrogen-bond donors (Lipinski definition) is 2. The molecule has 0 saturated heterocycles.